The smallest absolute Gasteiger partial charge is 0.234 e. The average molecular weight is 293 g/mol. The van der Waals surface area contributed by atoms with Crippen LogP contribution in [0, 0.1) is 18.6 Å². The number of carbonyl (C=O) groups is 1. The van der Waals surface area contributed by atoms with Crippen LogP contribution < -0.4 is 5.32 Å². The second kappa shape index (κ2) is 6.52. The molecule has 0 aliphatic carbocycles. The Balaban J connectivity index is 1.94. The molecule has 0 aromatic heterocycles. The van der Waals surface area contributed by atoms with E-state index in [1.54, 1.807) is 31.2 Å². The normalized spacial score (nSPS) is 10.3. The molecule has 2 nitrogen and oxygen atoms in total. The van der Waals surface area contributed by atoms with Gasteiger partial charge in [-0.05, 0) is 36.8 Å². The van der Waals surface area contributed by atoms with Crippen molar-refractivity contribution in [3.8, 4) is 0 Å². The Morgan fingerprint density at radius 3 is 2.60 bits per heavy atom. The van der Waals surface area contributed by atoms with Crippen LogP contribution in [0.2, 0.25) is 0 Å². The highest BCUT2D eigenvalue weighted by Crippen LogP contribution is 2.22. The van der Waals surface area contributed by atoms with E-state index < -0.39 is 5.82 Å². The number of nitrogens with one attached hydrogen (secondary N) is 1. The number of carbonyl (C=O) groups excluding carboxylic acids is 1. The first-order valence-electron chi connectivity index (χ1n) is 5.99. The summed E-state index contributed by atoms with van der Waals surface area (Å²) in [7, 11) is 0. The Morgan fingerprint density at radius 1 is 1.15 bits per heavy atom. The zero-order valence-electron chi connectivity index (χ0n) is 10.8. The summed E-state index contributed by atoms with van der Waals surface area (Å²) in [5.41, 5.74) is 0.913. The number of amides is 1. The van der Waals surface area contributed by atoms with Crippen molar-refractivity contribution < 1.29 is 13.6 Å². The molecule has 0 radical (unpaired) electrons. The molecular formula is C15H13F2NOS. The summed E-state index contributed by atoms with van der Waals surface area (Å²) in [6.07, 6.45) is 0. The van der Waals surface area contributed by atoms with Gasteiger partial charge in [-0.15, -0.1) is 11.8 Å². The summed E-state index contributed by atoms with van der Waals surface area (Å²) in [6, 6.07) is 10.8. The fourth-order valence-electron chi connectivity index (χ4n) is 1.61. The Morgan fingerprint density at radius 2 is 1.90 bits per heavy atom. The first-order valence-corrected chi connectivity index (χ1v) is 6.98. The van der Waals surface area contributed by atoms with Crippen molar-refractivity contribution in [2.45, 2.75) is 11.8 Å². The van der Waals surface area contributed by atoms with Crippen molar-refractivity contribution in [1.29, 1.82) is 0 Å². The molecular weight excluding hydrogens is 280 g/mol. The van der Waals surface area contributed by atoms with Crippen LogP contribution in [0.1, 0.15) is 5.56 Å². The van der Waals surface area contributed by atoms with Gasteiger partial charge in [-0.25, -0.2) is 8.78 Å². The van der Waals surface area contributed by atoms with Gasteiger partial charge in [0, 0.05) is 4.90 Å². The highest BCUT2D eigenvalue weighted by Gasteiger charge is 2.09. The van der Waals surface area contributed by atoms with Gasteiger partial charge in [0.1, 0.15) is 11.6 Å². The van der Waals surface area contributed by atoms with E-state index >= 15 is 0 Å². The van der Waals surface area contributed by atoms with Crippen molar-refractivity contribution in [2.24, 2.45) is 0 Å². The van der Waals surface area contributed by atoms with Gasteiger partial charge in [-0.2, -0.15) is 0 Å². The first-order chi connectivity index (χ1) is 9.56. The van der Waals surface area contributed by atoms with Gasteiger partial charge in [-0.3, -0.25) is 4.79 Å². The van der Waals surface area contributed by atoms with Gasteiger partial charge >= 0.3 is 0 Å². The summed E-state index contributed by atoms with van der Waals surface area (Å²) >= 11 is 1.07. The van der Waals surface area contributed by atoms with Crippen molar-refractivity contribution in [2.75, 3.05) is 11.1 Å². The second-order valence-corrected chi connectivity index (χ2v) is 5.27. The van der Waals surface area contributed by atoms with Crippen LogP contribution in [0.5, 0.6) is 0 Å². The van der Waals surface area contributed by atoms with Gasteiger partial charge in [-0.1, -0.05) is 18.2 Å². The minimum atomic E-state index is -0.478. The molecule has 5 heteroatoms. The third-order valence-electron chi connectivity index (χ3n) is 2.59. The molecule has 20 heavy (non-hydrogen) atoms. The van der Waals surface area contributed by atoms with E-state index in [2.05, 4.69) is 5.32 Å². The van der Waals surface area contributed by atoms with E-state index in [1.807, 2.05) is 0 Å². The summed E-state index contributed by atoms with van der Waals surface area (Å²) in [4.78, 5) is 12.1. The maximum absolute atomic E-state index is 13.6. The molecule has 0 spiro atoms. The van der Waals surface area contributed by atoms with Crippen LogP contribution in [0.4, 0.5) is 14.5 Å². The number of hydrogen-bond acceptors (Lipinski definition) is 2. The van der Waals surface area contributed by atoms with Crippen LogP contribution in [0.15, 0.2) is 47.4 Å². The number of thioether (sulfide) groups is 1. The number of halogens is 2. The van der Waals surface area contributed by atoms with E-state index in [0.717, 1.165) is 17.3 Å². The predicted molar refractivity (Wildman–Crippen MR) is 76.9 cm³/mol. The van der Waals surface area contributed by atoms with Crippen LogP contribution in [0.25, 0.3) is 0 Å². The Labute approximate surface area is 120 Å². The molecule has 1 amide bonds. The third kappa shape index (κ3) is 3.81. The lowest BCUT2D eigenvalue weighted by atomic mass is 10.2. The van der Waals surface area contributed by atoms with Crippen LogP contribution in [-0.4, -0.2) is 11.7 Å². The predicted octanol–water partition coefficient (Wildman–Crippen LogP) is 4.00. The van der Waals surface area contributed by atoms with Crippen LogP contribution >= 0.6 is 11.8 Å². The summed E-state index contributed by atoms with van der Waals surface area (Å²) < 4.78 is 26.9. The number of hydrogen-bond donors (Lipinski definition) is 1. The maximum atomic E-state index is 13.6. The van der Waals surface area contributed by atoms with Gasteiger partial charge < -0.3 is 5.32 Å². The van der Waals surface area contributed by atoms with Crippen LogP contribution in [0.3, 0.4) is 0 Å². The molecule has 0 aliphatic heterocycles. The van der Waals surface area contributed by atoms with E-state index in [0.29, 0.717) is 4.90 Å². The minimum Gasteiger partial charge on any atom is -0.323 e. The quantitative estimate of drug-likeness (QED) is 0.863. The minimum absolute atomic E-state index is 0.0221. The monoisotopic (exact) mass is 293 g/mol. The standard InChI is InChI=1S/C15H13F2NOS/c1-10-6-7-13(12(17)8-10)18-15(19)9-20-14-5-3-2-4-11(14)16/h2-8H,9H2,1H3,(H,18,19). The fourth-order valence-corrected chi connectivity index (χ4v) is 2.35. The molecule has 0 atom stereocenters. The van der Waals surface area contributed by atoms with Gasteiger partial charge in [0.2, 0.25) is 5.91 Å². The number of rotatable bonds is 4. The molecule has 104 valence electrons. The van der Waals surface area contributed by atoms with Gasteiger partial charge in [0.15, 0.2) is 0 Å². The van der Waals surface area contributed by atoms with Gasteiger partial charge in [0.05, 0.1) is 11.4 Å². The highest BCUT2D eigenvalue weighted by molar-refractivity contribution is 8.00. The fraction of sp³-hybridized carbons (Fsp3) is 0.133. The maximum Gasteiger partial charge on any atom is 0.234 e. The molecule has 0 bridgehead atoms. The van der Waals surface area contributed by atoms with Crippen molar-refractivity contribution in [3.05, 3.63) is 59.7 Å². The first kappa shape index (κ1) is 14.5. The topological polar surface area (TPSA) is 29.1 Å². The summed E-state index contributed by atoms with van der Waals surface area (Å²) in [5.74, 6) is -1.20. The van der Waals surface area contributed by atoms with Crippen LogP contribution in [-0.2, 0) is 4.79 Å². The molecule has 0 heterocycles. The van der Waals surface area contributed by atoms with Crippen molar-refractivity contribution >= 4 is 23.4 Å². The Hall–Kier alpha value is -1.88. The van der Waals surface area contributed by atoms with Crippen molar-refractivity contribution in [1.82, 2.24) is 0 Å². The highest BCUT2D eigenvalue weighted by atomic mass is 32.2. The third-order valence-corrected chi connectivity index (χ3v) is 3.64. The SMILES string of the molecule is Cc1ccc(NC(=O)CSc2ccccc2F)c(F)c1. The lowest BCUT2D eigenvalue weighted by Gasteiger charge is -2.07. The lowest BCUT2D eigenvalue weighted by molar-refractivity contribution is -0.113. The molecule has 1 N–H and O–H groups in total. The number of benzene rings is 2. The zero-order chi connectivity index (χ0) is 14.5. The summed E-state index contributed by atoms with van der Waals surface area (Å²) in [6.45, 7) is 1.77. The van der Waals surface area contributed by atoms with E-state index in [1.165, 1.54) is 18.2 Å². The molecule has 0 saturated carbocycles. The average Bonchev–Trinajstić information content (AvgIpc) is 2.41. The van der Waals surface area contributed by atoms with Crippen molar-refractivity contribution in [3.63, 3.8) is 0 Å². The van der Waals surface area contributed by atoms with E-state index in [9.17, 15) is 13.6 Å². The Bertz CT molecular complexity index is 631. The number of aryl methyl sites for hydroxylation is 1. The van der Waals surface area contributed by atoms with E-state index in [4.69, 9.17) is 0 Å². The molecule has 2 aromatic rings. The Kier molecular flexibility index (Phi) is 4.74. The molecule has 0 fully saturated rings. The second-order valence-electron chi connectivity index (χ2n) is 4.25. The molecule has 2 rings (SSSR count). The molecule has 2 aromatic carbocycles. The largest absolute Gasteiger partial charge is 0.323 e. The molecule has 0 aliphatic rings. The zero-order valence-corrected chi connectivity index (χ0v) is 11.6. The molecule has 0 unspecified atom stereocenters. The van der Waals surface area contributed by atoms with E-state index in [-0.39, 0.29) is 23.2 Å². The molecule has 0 saturated heterocycles. The lowest BCUT2D eigenvalue weighted by Crippen LogP contribution is -2.15. The number of anilines is 1. The summed E-state index contributed by atoms with van der Waals surface area (Å²) in [5, 5.41) is 2.47. The van der Waals surface area contributed by atoms with Gasteiger partial charge in [0.25, 0.3) is 0 Å².